The molecule has 1 aromatic heterocycles. The lowest BCUT2D eigenvalue weighted by Gasteiger charge is -2.25. The molecule has 3 rings (SSSR count). The normalized spacial score (nSPS) is 18.0. The molecule has 4 heteroatoms. The van der Waals surface area contributed by atoms with Crippen LogP contribution in [0.25, 0.3) is 0 Å². The van der Waals surface area contributed by atoms with E-state index in [1.54, 1.807) is 6.07 Å². The maximum absolute atomic E-state index is 9.22. The molecule has 1 aliphatic heterocycles. The van der Waals surface area contributed by atoms with Crippen LogP contribution in [0.2, 0.25) is 0 Å². The summed E-state index contributed by atoms with van der Waals surface area (Å²) in [5.41, 5.74) is 2.34. The van der Waals surface area contributed by atoms with Gasteiger partial charge < -0.3 is 10.4 Å². The van der Waals surface area contributed by atoms with E-state index in [2.05, 4.69) is 34.6 Å². The van der Waals surface area contributed by atoms with Gasteiger partial charge in [0.15, 0.2) is 0 Å². The summed E-state index contributed by atoms with van der Waals surface area (Å²) in [5, 5.41) is 12.8. The van der Waals surface area contributed by atoms with E-state index in [1.165, 1.54) is 16.7 Å². The fraction of sp³-hybridized carbons (Fsp3) is 0.267. The number of rotatable bonds is 3. The number of aromatic hydroxyl groups is 1. The number of thioether (sulfide) groups is 1. The van der Waals surface area contributed by atoms with E-state index < -0.39 is 0 Å². The van der Waals surface area contributed by atoms with Crippen LogP contribution >= 0.6 is 11.8 Å². The Hall–Kier alpha value is -1.52. The average Bonchev–Trinajstić information content (AvgIpc) is 2.47. The van der Waals surface area contributed by atoms with Gasteiger partial charge in [0.1, 0.15) is 5.75 Å². The van der Waals surface area contributed by atoms with Gasteiger partial charge in [0.2, 0.25) is 0 Å². The number of nitrogens with zero attached hydrogens (tertiary/aromatic N) is 1. The molecule has 98 valence electrons. The Bertz CT molecular complexity index is 556. The molecule has 1 aromatic carbocycles. The Morgan fingerprint density at radius 2 is 2.16 bits per heavy atom. The largest absolute Gasteiger partial charge is 0.506 e. The van der Waals surface area contributed by atoms with Crippen LogP contribution in [-0.4, -0.2) is 15.8 Å². The minimum atomic E-state index is 0.211. The molecular formula is C15H16N2OS. The van der Waals surface area contributed by atoms with Crippen molar-refractivity contribution >= 4 is 11.8 Å². The lowest BCUT2D eigenvalue weighted by molar-refractivity contribution is 0.470. The highest BCUT2D eigenvalue weighted by atomic mass is 32.2. The summed E-state index contributed by atoms with van der Waals surface area (Å²) in [6.07, 6.45) is 2.63. The van der Waals surface area contributed by atoms with Gasteiger partial charge in [-0.25, -0.2) is 0 Å². The van der Waals surface area contributed by atoms with Crippen LogP contribution in [0.15, 0.2) is 47.5 Å². The van der Waals surface area contributed by atoms with E-state index in [9.17, 15) is 5.11 Å². The first-order chi connectivity index (χ1) is 9.33. The Morgan fingerprint density at radius 1 is 1.26 bits per heavy atom. The van der Waals surface area contributed by atoms with Crippen LogP contribution in [0.3, 0.4) is 0 Å². The average molecular weight is 272 g/mol. The number of fused-ring (bicyclic) bond motifs is 1. The van der Waals surface area contributed by atoms with Crippen LogP contribution in [0.4, 0.5) is 0 Å². The molecule has 19 heavy (non-hydrogen) atoms. The second-order valence-electron chi connectivity index (χ2n) is 4.62. The van der Waals surface area contributed by atoms with Crippen molar-refractivity contribution in [1.29, 1.82) is 0 Å². The van der Waals surface area contributed by atoms with Crippen LogP contribution in [0.1, 0.15) is 23.7 Å². The first kappa shape index (κ1) is 12.5. The second-order valence-corrected chi connectivity index (χ2v) is 5.75. The van der Waals surface area contributed by atoms with Crippen LogP contribution < -0.4 is 5.32 Å². The molecule has 0 aliphatic carbocycles. The quantitative estimate of drug-likeness (QED) is 0.901. The van der Waals surface area contributed by atoms with Crippen molar-refractivity contribution in [2.75, 3.05) is 5.75 Å². The lowest BCUT2D eigenvalue weighted by Crippen LogP contribution is -2.24. The number of benzene rings is 1. The molecule has 0 fully saturated rings. The Kier molecular flexibility index (Phi) is 3.71. The van der Waals surface area contributed by atoms with E-state index in [0.717, 1.165) is 24.4 Å². The van der Waals surface area contributed by atoms with Gasteiger partial charge in [-0.05, 0) is 35.9 Å². The van der Waals surface area contributed by atoms with Gasteiger partial charge in [-0.1, -0.05) is 18.2 Å². The van der Waals surface area contributed by atoms with Crippen molar-refractivity contribution in [3.8, 4) is 5.75 Å². The Morgan fingerprint density at radius 3 is 3.00 bits per heavy atom. The first-order valence-corrected chi connectivity index (χ1v) is 7.40. The molecule has 0 spiro atoms. The van der Waals surface area contributed by atoms with E-state index >= 15 is 0 Å². The molecule has 0 amide bonds. The highest BCUT2D eigenvalue weighted by Gasteiger charge is 2.19. The van der Waals surface area contributed by atoms with Gasteiger partial charge in [0.25, 0.3) is 0 Å². The van der Waals surface area contributed by atoms with Crippen molar-refractivity contribution in [2.45, 2.75) is 23.9 Å². The van der Waals surface area contributed by atoms with Crippen molar-refractivity contribution < 1.29 is 5.11 Å². The van der Waals surface area contributed by atoms with Gasteiger partial charge in [-0.2, -0.15) is 0 Å². The highest BCUT2D eigenvalue weighted by molar-refractivity contribution is 7.99. The van der Waals surface area contributed by atoms with Crippen LogP contribution in [0.5, 0.6) is 5.75 Å². The smallest absolute Gasteiger partial charge is 0.133 e. The number of nitrogens with one attached hydrogen (secondary N) is 1. The molecule has 3 nitrogen and oxygen atoms in total. The maximum atomic E-state index is 9.22. The fourth-order valence-electron chi connectivity index (χ4n) is 2.30. The van der Waals surface area contributed by atoms with Crippen molar-refractivity contribution in [3.05, 3.63) is 53.9 Å². The van der Waals surface area contributed by atoms with Crippen molar-refractivity contribution in [1.82, 2.24) is 10.3 Å². The maximum Gasteiger partial charge on any atom is 0.133 e. The van der Waals surface area contributed by atoms with Crippen molar-refractivity contribution in [3.63, 3.8) is 0 Å². The number of hydrogen-bond acceptors (Lipinski definition) is 4. The van der Waals surface area contributed by atoms with Gasteiger partial charge in [-0.3, -0.25) is 4.98 Å². The lowest BCUT2D eigenvalue weighted by atomic mass is 10.0. The minimum Gasteiger partial charge on any atom is -0.506 e. The summed E-state index contributed by atoms with van der Waals surface area (Å²) in [5.74, 6) is 1.36. The molecule has 0 bridgehead atoms. The van der Waals surface area contributed by atoms with E-state index in [1.807, 2.05) is 17.8 Å². The Labute approximate surface area is 117 Å². The summed E-state index contributed by atoms with van der Waals surface area (Å²) in [7, 11) is 0. The van der Waals surface area contributed by atoms with Gasteiger partial charge in [0, 0.05) is 17.5 Å². The molecule has 2 N–H and O–H groups in total. The van der Waals surface area contributed by atoms with Gasteiger partial charge >= 0.3 is 0 Å². The minimum absolute atomic E-state index is 0.211. The predicted octanol–water partition coefficient (Wildman–Crippen LogP) is 3.11. The predicted molar refractivity (Wildman–Crippen MR) is 77.3 cm³/mol. The highest BCUT2D eigenvalue weighted by Crippen LogP contribution is 2.35. The molecule has 1 aliphatic rings. The molecule has 2 aromatic rings. The summed E-state index contributed by atoms with van der Waals surface area (Å²) in [6, 6.07) is 12.5. The van der Waals surface area contributed by atoms with Crippen LogP contribution in [-0.2, 0) is 6.54 Å². The summed E-state index contributed by atoms with van der Waals surface area (Å²) >= 11 is 1.93. The van der Waals surface area contributed by atoms with Gasteiger partial charge in [-0.15, -0.1) is 11.8 Å². The molecule has 0 saturated heterocycles. The molecule has 0 radical (unpaired) electrons. The number of hydrogen-bond donors (Lipinski definition) is 2. The SMILES string of the molecule is Oc1ccc(CNC2CCSc3ccccc32)nc1. The topological polar surface area (TPSA) is 45.1 Å². The zero-order chi connectivity index (χ0) is 13.1. The van der Waals surface area contributed by atoms with Crippen molar-refractivity contribution in [2.24, 2.45) is 0 Å². The summed E-state index contributed by atoms with van der Waals surface area (Å²) in [6.45, 7) is 0.726. The summed E-state index contributed by atoms with van der Waals surface area (Å²) < 4.78 is 0. The van der Waals surface area contributed by atoms with Crippen LogP contribution in [0, 0.1) is 0 Å². The number of aromatic nitrogens is 1. The summed E-state index contributed by atoms with van der Waals surface area (Å²) in [4.78, 5) is 5.58. The molecular weight excluding hydrogens is 256 g/mol. The monoisotopic (exact) mass is 272 g/mol. The standard InChI is InChI=1S/C15H16N2OS/c18-12-6-5-11(16-10-12)9-17-14-7-8-19-15-4-2-1-3-13(14)15/h1-6,10,14,17-18H,7-9H2. The molecule has 1 atom stereocenters. The fourth-order valence-corrected chi connectivity index (χ4v) is 3.43. The zero-order valence-electron chi connectivity index (χ0n) is 10.5. The second kappa shape index (κ2) is 5.63. The third kappa shape index (κ3) is 2.91. The first-order valence-electron chi connectivity index (χ1n) is 6.42. The zero-order valence-corrected chi connectivity index (χ0v) is 11.4. The van der Waals surface area contributed by atoms with E-state index in [0.29, 0.717) is 6.04 Å². The molecule has 2 heterocycles. The third-order valence-corrected chi connectivity index (χ3v) is 4.42. The third-order valence-electron chi connectivity index (χ3n) is 3.30. The molecule has 1 unspecified atom stereocenters. The van der Waals surface area contributed by atoms with E-state index in [4.69, 9.17) is 0 Å². The Balaban J connectivity index is 1.69. The van der Waals surface area contributed by atoms with Gasteiger partial charge in [0.05, 0.1) is 11.9 Å². The van der Waals surface area contributed by atoms with E-state index in [-0.39, 0.29) is 5.75 Å². The number of pyridine rings is 1. The molecule has 0 saturated carbocycles.